The number of hydrogen-bond acceptors (Lipinski definition) is 4. The normalized spacial score (nSPS) is 28.4. The van der Waals surface area contributed by atoms with Crippen molar-refractivity contribution in [1.29, 1.82) is 0 Å². The first-order valence-corrected chi connectivity index (χ1v) is 10.9. The lowest BCUT2D eigenvalue weighted by molar-refractivity contribution is -0.384. The van der Waals surface area contributed by atoms with E-state index in [1.54, 1.807) is 0 Å². The third-order valence-corrected chi connectivity index (χ3v) is 7.53. The van der Waals surface area contributed by atoms with Crippen molar-refractivity contribution in [3.63, 3.8) is 0 Å². The number of ether oxygens (including phenoxy) is 1. The standard InChI is InChI=1S/C24H26N2O5/c1-25(23(27)28)22-11-20(6-7-21(22)26(29)30)31-19-4-2-18(3-5-19)24-12-15-8-16(13-24)10-17(9-15)14-24/h2-7,11,15-17H,8-10,12-14H2,1H3,(H,27,28). The molecule has 0 heterocycles. The fraction of sp³-hybridized carbons (Fsp3) is 0.458. The fourth-order valence-electron chi connectivity index (χ4n) is 6.57. The molecule has 7 heteroatoms. The summed E-state index contributed by atoms with van der Waals surface area (Å²) >= 11 is 0. The van der Waals surface area contributed by atoms with Gasteiger partial charge in [-0.3, -0.25) is 15.0 Å². The summed E-state index contributed by atoms with van der Waals surface area (Å²) < 4.78 is 5.92. The number of hydrogen-bond donors (Lipinski definition) is 1. The molecule has 4 saturated carbocycles. The zero-order chi connectivity index (χ0) is 21.8. The summed E-state index contributed by atoms with van der Waals surface area (Å²) in [6.07, 6.45) is 6.85. The van der Waals surface area contributed by atoms with Crippen molar-refractivity contribution in [2.75, 3.05) is 11.9 Å². The quantitative estimate of drug-likeness (QED) is 0.473. The van der Waals surface area contributed by atoms with E-state index in [4.69, 9.17) is 4.74 Å². The summed E-state index contributed by atoms with van der Waals surface area (Å²) in [5.41, 5.74) is 1.40. The Labute approximate surface area is 180 Å². The maximum absolute atomic E-state index is 11.3. The number of nitro benzene ring substituents is 1. The molecule has 0 radical (unpaired) electrons. The first-order chi connectivity index (χ1) is 14.8. The van der Waals surface area contributed by atoms with Gasteiger partial charge in [0.25, 0.3) is 5.69 Å². The van der Waals surface area contributed by atoms with Gasteiger partial charge in [-0.1, -0.05) is 12.1 Å². The van der Waals surface area contributed by atoms with Crippen molar-refractivity contribution in [2.45, 2.75) is 43.9 Å². The van der Waals surface area contributed by atoms with Crippen LogP contribution in [0.4, 0.5) is 16.2 Å². The van der Waals surface area contributed by atoms with Crippen LogP contribution in [-0.2, 0) is 5.41 Å². The van der Waals surface area contributed by atoms with E-state index >= 15 is 0 Å². The first kappa shape index (κ1) is 19.8. The SMILES string of the molecule is CN(C(=O)O)c1cc(Oc2ccc(C34CC5CC(CC(C5)C3)C4)cc2)ccc1[N+](=O)[O-]. The van der Waals surface area contributed by atoms with E-state index in [0.717, 1.165) is 22.7 Å². The molecule has 162 valence electrons. The monoisotopic (exact) mass is 422 g/mol. The van der Waals surface area contributed by atoms with E-state index in [9.17, 15) is 20.0 Å². The van der Waals surface area contributed by atoms with E-state index in [-0.39, 0.29) is 11.4 Å². The van der Waals surface area contributed by atoms with Gasteiger partial charge in [0, 0.05) is 19.2 Å². The minimum absolute atomic E-state index is 0.0276. The lowest BCUT2D eigenvalue weighted by Gasteiger charge is -2.57. The average Bonchev–Trinajstić information content (AvgIpc) is 2.72. The summed E-state index contributed by atoms with van der Waals surface area (Å²) in [5, 5.41) is 20.5. The van der Waals surface area contributed by atoms with Gasteiger partial charge in [0.05, 0.1) is 4.92 Å². The van der Waals surface area contributed by atoms with Crippen LogP contribution < -0.4 is 9.64 Å². The van der Waals surface area contributed by atoms with Crippen LogP contribution in [0.3, 0.4) is 0 Å². The number of nitrogens with zero attached hydrogens (tertiary/aromatic N) is 2. The van der Waals surface area contributed by atoms with Crippen molar-refractivity contribution in [1.82, 2.24) is 0 Å². The van der Waals surface area contributed by atoms with Crippen LogP contribution in [0, 0.1) is 27.9 Å². The van der Waals surface area contributed by atoms with Gasteiger partial charge in [0.2, 0.25) is 0 Å². The number of nitro groups is 1. The highest BCUT2D eigenvalue weighted by atomic mass is 16.6. The van der Waals surface area contributed by atoms with Gasteiger partial charge >= 0.3 is 6.09 Å². The van der Waals surface area contributed by atoms with Crippen LogP contribution in [0.25, 0.3) is 0 Å². The van der Waals surface area contributed by atoms with E-state index in [0.29, 0.717) is 16.9 Å². The van der Waals surface area contributed by atoms with Crippen LogP contribution in [0.15, 0.2) is 42.5 Å². The van der Waals surface area contributed by atoms with Gasteiger partial charge in [-0.25, -0.2) is 4.79 Å². The topological polar surface area (TPSA) is 92.9 Å². The Hall–Kier alpha value is -3.09. The van der Waals surface area contributed by atoms with Crippen molar-refractivity contribution < 1.29 is 19.6 Å². The van der Waals surface area contributed by atoms with Crippen LogP contribution in [0.5, 0.6) is 11.5 Å². The van der Waals surface area contributed by atoms with Gasteiger partial charge in [-0.05, 0) is 85.5 Å². The van der Waals surface area contributed by atoms with E-state index < -0.39 is 11.0 Å². The van der Waals surface area contributed by atoms with Gasteiger partial charge in [0.1, 0.15) is 17.2 Å². The second kappa shape index (κ2) is 7.25. The molecule has 4 aliphatic carbocycles. The molecule has 0 unspecified atom stereocenters. The number of benzene rings is 2. The molecule has 0 aliphatic heterocycles. The van der Waals surface area contributed by atoms with E-state index in [2.05, 4.69) is 12.1 Å². The molecule has 1 N–H and O–H groups in total. The minimum atomic E-state index is -1.28. The Morgan fingerprint density at radius 3 is 2.10 bits per heavy atom. The maximum Gasteiger partial charge on any atom is 0.411 e. The summed E-state index contributed by atoms with van der Waals surface area (Å²) in [6.45, 7) is 0. The fourth-order valence-corrected chi connectivity index (χ4v) is 6.57. The smallest absolute Gasteiger partial charge is 0.411 e. The van der Waals surface area contributed by atoms with Gasteiger partial charge in [-0.15, -0.1) is 0 Å². The minimum Gasteiger partial charge on any atom is -0.465 e. The van der Waals surface area contributed by atoms with Crippen molar-refractivity contribution in [3.05, 3.63) is 58.1 Å². The highest BCUT2D eigenvalue weighted by Crippen LogP contribution is 2.60. The van der Waals surface area contributed by atoms with Crippen molar-refractivity contribution >= 4 is 17.5 Å². The van der Waals surface area contributed by atoms with Crippen LogP contribution in [0.1, 0.15) is 44.1 Å². The molecule has 7 nitrogen and oxygen atoms in total. The molecule has 0 atom stereocenters. The number of carboxylic acid groups (broad SMARTS) is 1. The number of carbonyl (C=O) groups is 1. The summed E-state index contributed by atoms with van der Waals surface area (Å²) in [7, 11) is 1.27. The molecule has 31 heavy (non-hydrogen) atoms. The molecule has 4 fully saturated rings. The highest BCUT2D eigenvalue weighted by molar-refractivity contribution is 5.89. The number of amides is 1. The van der Waals surface area contributed by atoms with Gasteiger partial charge in [0.15, 0.2) is 0 Å². The average molecular weight is 422 g/mol. The zero-order valence-electron chi connectivity index (χ0n) is 17.5. The predicted molar refractivity (Wildman–Crippen MR) is 116 cm³/mol. The third kappa shape index (κ3) is 3.52. The van der Waals surface area contributed by atoms with Gasteiger partial charge < -0.3 is 9.84 Å². The molecule has 4 bridgehead atoms. The Bertz CT molecular complexity index is 997. The third-order valence-electron chi connectivity index (χ3n) is 7.53. The number of rotatable bonds is 5. The van der Waals surface area contributed by atoms with Crippen molar-refractivity contribution in [2.24, 2.45) is 17.8 Å². The largest absolute Gasteiger partial charge is 0.465 e. The molecule has 4 aliphatic rings. The Morgan fingerprint density at radius 2 is 1.58 bits per heavy atom. The van der Waals surface area contributed by atoms with E-state index in [1.165, 1.54) is 69.3 Å². The molecule has 6 rings (SSSR count). The van der Waals surface area contributed by atoms with Crippen LogP contribution in [0.2, 0.25) is 0 Å². The lowest BCUT2D eigenvalue weighted by Crippen LogP contribution is -2.48. The summed E-state index contributed by atoms with van der Waals surface area (Å²) in [5.74, 6) is 3.63. The zero-order valence-corrected chi connectivity index (χ0v) is 17.5. The molecular weight excluding hydrogens is 396 g/mol. The first-order valence-electron chi connectivity index (χ1n) is 10.9. The second-order valence-corrected chi connectivity index (χ2v) is 9.57. The Morgan fingerprint density at radius 1 is 1.03 bits per heavy atom. The molecule has 2 aromatic rings. The lowest BCUT2D eigenvalue weighted by atomic mass is 9.48. The predicted octanol–water partition coefficient (Wildman–Crippen LogP) is 5.97. The molecule has 0 spiro atoms. The van der Waals surface area contributed by atoms with E-state index in [1.807, 2.05) is 12.1 Å². The molecular formula is C24H26N2O5. The molecule has 1 amide bonds. The Balaban J connectivity index is 1.37. The van der Waals surface area contributed by atoms with Gasteiger partial charge in [-0.2, -0.15) is 0 Å². The maximum atomic E-state index is 11.3. The summed E-state index contributed by atoms with van der Waals surface area (Å²) in [4.78, 5) is 22.8. The highest BCUT2D eigenvalue weighted by Gasteiger charge is 2.51. The number of anilines is 1. The Kier molecular flexibility index (Phi) is 4.64. The second-order valence-electron chi connectivity index (χ2n) is 9.57. The molecule has 0 saturated heterocycles. The van der Waals surface area contributed by atoms with Crippen LogP contribution in [-0.4, -0.2) is 23.2 Å². The molecule has 0 aromatic heterocycles. The molecule has 2 aromatic carbocycles. The van der Waals surface area contributed by atoms with Crippen LogP contribution >= 0.6 is 0 Å². The van der Waals surface area contributed by atoms with Crippen molar-refractivity contribution in [3.8, 4) is 11.5 Å². The summed E-state index contributed by atoms with van der Waals surface area (Å²) in [6, 6.07) is 12.4.